The van der Waals surface area contributed by atoms with Gasteiger partial charge in [-0.25, -0.2) is 0 Å². The fourth-order valence-corrected chi connectivity index (χ4v) is 2.98. The minimum absolute atomic E-state index is 0.243. The molecule has 2 saturated heterocycles. The van der Waals surface area contributed by atoms with Gasteiger partial charge in [-0.3, -0.25) is 4.99 Å². The minimum Gasteiger partial charge on any atom is -0.376 e. The van der Waals surface area contributed by atoms with E-state index < -0.39 is 0 Å². The van der Waals surface area contributed by atoms with Crippen molar-refractivity contribution in [3.8, 4) is 6.07 Å². The first-order valence-corrected chi connectivity index (χ1v) is 8.94. The van der Waals surface area contributed by atoms with E-state index in [0.29, 0.717) is 13.0 Å². The number of hydrogen-bond acceptors (Lipinski definition) is 4. The second kappa shape index (κ2) is 10.5. The lowest BCUT2D eigenvalue weighted by molar-refractivity contribution is 0.0889. The van der Waals surface area contributed by atoms with Gasteiger partial charge in [-0.1, -0.05) is 0 Å². The molecule has 2 aliphatic rings. The Labute approximate surface area is 139 Å². The van der Waals surface area contributed by atoms with Crippen molar-refractivity contribution in [1.82, 2.24) is 10.6 Å². The van der Waals surface area contributed by atoms with E-state index in [2.05, 4.69) is 28.6 Å². The van der Waals surface area contributed by atoms with E-state index >= 15 is 0 Å². The second-order valence-corrected chi connectivity index (χ2v) is 6.35. The number of hydrogen-bond donors (Lipinski definition) is 2. The van der Waals surface area contributed by atoms with E-state index in [0.717, 1.165) is 64.2 Å². The van der Waals surface area contributed by atoms with Crippen molar-refractivity contribution in [3.05, 3.63) is 0 Å². The molecule has 6 nitrogen and oxygen atoms in total. The SMILES string of the molecule is C[C@H](NC(=NC[C@@H]1CCCO1)NCCCCC#N)[C@H]1CCCO1. The summed E-state index contributed by atoms with van der Waals surface area (Å²) in [7, 11) is 0. The van der Waals surface area contributed by atoms with Crippen LogP contribution in [0.4, 0.5) is 0 Å². The van der Waals surface area contributed by atoms with Crippen LogP contribution in [0.15, 0.2) is 4.99 Å². The van der Waals surface area contributed by atoms with Crippen molar-refractivity contribution in [2.75, 3.05) is 26.3 Å². The van der Waals surface area contributed by atoms with Crippen LogP contribution in [0.25, 0.3) is 0 Å². The topological polar surface area (TPSA) is 78.7 Å². The lowest BCUT2D eigenvalue weighted by Crippen LogP contribution is -2.47. The molecule has 0 aromatic rings. The van der Waals surface area contributed by atoms with Gasteiger partial charge in [0.25, 0.3) is 0 Å². The highest BCUT2D eigenvalue weighted by molar-refractivity contribution is 5.80. The summed E-state index contributed by atoms with van der Waals surface area (Å²) >= 11 is 0. The van der Waals surface area contributed by atoms with Gasteiger partial charge in [-0.2, -0.15) is 5.26 Å². The molecule has 6 heteroatoms. The molecule has 0 radical (unpaired) electrons. The maximum Gasteiger partial charge on any atom is 0.191 e. The van der Waals surface area contributed by atoms with Crippen LogP contribution in [0.5, 0.6) is 0 Å². The Morgan fingerprint density at radius 2 is 2.09 bits per heavy atom. The summed E-state index contributed by atoms with van der Waals surface area (Å²) in [5.74, 6) is 0.834. The Hall–Kier alpha value is -1.32. The molecule has 2 N–H and O–H groups in total. The molecule has 2 heterocycles. The number of rotatable bonds is 8. The van der Waals surface area contributed by atoms with E-state index in [1.807, 2.05) is 0 Å². The molecule has 130 valence electrons. The van der Waals surface area contributed by atoms with Crippen LogP contribution in [-0.4, -0.2) is 50.5 Å². The highest BCUT2D eigenvalue weighted by atomic mass is 16.5. The molecular weight excluding hydrogens is 292 g/mol. The van der Waals surface area contributed by atoms with Crippen molar-refractivity contribution in [2.45, 2.75) is 70.1 Å². The molecule has 2 rings (SSSR count). The molecule has 0 bridgehead atoms. The summed E-state index contributed by atoms with van der Waals surface area (Å²) in [5.41, 5.74) is 0. The van der Waals surface area contributed by atoms with Gasteiger partial charge >= 0.3 is 0 Å². The van der Waals surface area contributed by atoms with Crippen molar-refractivity contribution in [3.63, 3.8) is 0 Å². The third kappa shape index (κ3) is 6.76. The molecule has 0 amide bonds. The average Bonchev–Trinajstić information content (AvgIpc) is 3.25. The van der Waals surface area contributed by atoms with Gasteiger partial charge in [-0.15, -0.1) is 0 Å². The summed E-state index contributed by atoms with van der Waals surface area (Å²) in [6.07, 6.45) is 7.51. The summed E-state index contributed by atoms with van der Waals surface area (Å²) in [4.78, 5) is 4.68. The average molecular weight is 322 g/mol. The lowest BCUT2D eigenvalue weighted by atomic mass is 10.1. The smallest absolute Gasteiger partial charge is 0.191 e. The Kier molecular flexibility index (Phi) is 8.19. The zero-order valence-corrected chi connectivity index (χ0v) is 14.2. The molecule has 0 aromatic heterocycles. The maximum absolute atomic E-state index is 8.59. The predicted octanol–water partition coefficient (Wildman–Crippen LogP) is 1.96. The van der Waals surface area contributed by atoms with E-state index in [9.17, 15) is 0 Å². The fourth-order valence-electron chi connectivity index (χ4n) is 2.98. The Morgan fingerprint density at radius 3 is 2.78 bits per heavy atom. The van der Waals surface area contributed by atoms with Crippen LogP contribution in [0.1, 0.15) is 51.9 Å². The normalized spacial score (nSPS) is 26.0. The molecule has 0 spiro atoms. The third-order valence-corrected chi connectivity index (χ3v) is 4.37. The van der Waals surface area contributed by atoms with Crippen molar-refractivity contribution < 1.29 is 9.47 Å². The summed E-state index contributed by atoms with van der Waals surface area (Å²) in [5, 5.41) is 15.4. The van der Waals surface area contributed by atoms with E-state index in [-0.39, 0.29) is 18.2 Å². The summed E-state index contributed by atoms with van der Waals surface area (Å²) in [6.45, 7) is 5.40. The van der Waals surface area contributed by atoms with Crippen LogP contribution in [0.2, 0.25) is 0 Å². The Bertz CT molecular complexity index is 396. The molecule has 2 aliphatic heterocycles. The van der Waals surface area contributed by atoms with Crippen LogP contribution in [-0.2, 0) is 9.47 Å². The van der Waals surface area contributed by atoms with Gasteiger partial charge in [0, 0.05) is 26.2 Å². The molecule has 0 unspecified atom stereocenters. The first-order valence-electron chi connectivity index (χ1n) is 8.94. The van der Waals surface area contributed by atoms with E-state index in [4.69, 9.17) is 14.7 Å². The number of unbranched alkanes of at least 4 members (excludes halogenated alkanes) is 2. The number of nitrogens with one attached hydrogen (secondary N) is 2. The minimum atomic E-state index is 0.243. The largest absolute Gasteiger partial charge is 0.376 e. The van der Waals surface area contributed by atoms with Gasteiger partial charge in [0.1, 0.15) is 0 Å². The van der Waals surface area contributed by atoms with Gasteiger partial charge in [-0.05, 0) is 45.4 Å². The zero-order valence-electron chi connectivity index (χ0n) is 14.2. The standard InChI is InChI=1S/C17H30N4O2/c1-14(16-8-6-12-23-16)21-17(19-10-4-2-3-9-18)20-13-15-7-5-11-22-15/h14-16H,2-8,10-13H2,1H3,(H2,19,20,21)/t14-,15-,16+/m0/s1. The second-order valence-electron chi connectivity index (χ2n) is 6.35. The summed E-state index contributed by atoms with van der Waals surface area (Å²) < 4.78 is 11.4. The Balaban J connectivity index is 1.79. The highest BCUT2D eigenvalue weighted by Gasteiger charge is 2.23. The van der Waals surface area contributed by atoms with Crippen molar-refractivity contribution in [2.24, 2.45) is 4.99 Å². The Morgan fingerprint density at radius 1 is 1.26 bits per heavy atom. The van der Waals surface area contributed by atoms with Crippen molar-refractivity contribution >= 4 is 5.96 Å². The zero-order chi connectivity index (χ0) is 16.3. The number of nitriles is 1. The van der Waals surface area contributed by atoms with Gasteiger partial charge < -0.3 is 20.1 Å². The maximum atomic E-state index is 8.59. The summed E-state index contributed by atoms with van der Waals surface area (Å²) in [6, 6.07) is 2.42. The number of nitrogens with zero attached hydrogens (tertiary/aromatic N) is 2. The fraction of sp³-hybridized carbons (Fsp3) is 0.882. The monoisotopic (exact) mass is 322 g/mol. The predicted molar refractivity (Wildman–Crippen MR) is 90.3 cm³/mol. The number of aliphatic imine (C=N–C) groups is 1. The molecule has 0 aromatic carbocycles. The van der Waals surface area contributed by atoms with Gasteiger partial charge in [0.15, 0.2) is 5.96 Å². The van der Waals surface area contributed by atoms with Crippen LogP contribution < -0.4 is 10.6 Å². The molecule has 0 aliphatic carbocycles. The lowest BCUT2D eigenvalue weighted by Gasteiger charge is -2.23. The van der Waals surface area contributed by atoms with E-state index in [1.165, 1.54) is 0 Å². The van der Waals surface area contributed by atoms with Crippen LogP contribution in [0, 0.1) is 11.3 Å². The first kappa shape index (κ1) is 18.0. The number of guanidine groups is 1. The quantitative estimate of drug-likeness (QED) is 0.406. The van der Waals surface area contributed by atoms with Gasteiger partial charge in [0.05, 0.1) is 30.9 Å². The van der Waals surface area contributed by atoms with E-state index in [1.54, 1.807) is 0 Å². The number of ether oxygens (including phenoxy) is 2. The molecule has 23 heavy (non-hydrogen) atoms. The molecule has 0 saturated carbocycles. The highest BCUT2D eigenvalue weighted by Crippen LogP contribution is 2.15. The van der Waals surface area contributed by atoms with Crippen LogP contribution >= 0.6 is 0 Å². The molecule has 2 fully saturated rings. The molecule has 3 atom stereocenters. The third-order valence-electron chi connectivity index (χ3n) is 4.37. The van der Waals surface area contributed by atoms with Gasteiger partial charge in [0.2, 0.25) is 0 Å². The molecular formula is C17H30N4O2. The van der Waals surface area contributed by atoms with Crippen molar-refractivity contribution in [1.29, 1.82) is 5.26 Å². The first-order chi connectivity index (χ1) is 11.3. The van der Waals surface area contributed by atoms with Crippen LogP contribution in [0.3, 0.4) is 0 Å².